The molecule has 0 saturated heterocycles. The number of nitrogens with one attached hydrogen (secondary N) is 1. The summed E-state index contributed by atoms with van der Waals surface area (Å²) in [5.74, 6) is 0. The van der Waals surface area contributed by atoms with Crippen LogP contribution >= 0.6 is 11.8 Å². The Balaban J connectivity index is 1.99. The number of nitriles is 1. The molecule has 88 valence electrons. The molecule has 0 amide bonds. The lowest BCUT2D eigenvalue weighted by molar-refractivity contribution is 0.805. The van der Waals surface area contributed by atoms with Crippen molar-refractivity contribution in [1.29, 1.82) is 5.26 Å². The van der Waals surface area contributed by atoms with Gasteiger partial charge in [-0.3, -0.25) is 0 Å². The molecule has 1 heterocycles. The number of para-hydroxylation sites is 1. The first-order valence-corrected chi connectivity index (χ1v) is 6.73. The second kappa shape index (κ2) is 4.75. The van der Waals surface area contributed by atoms with Gasteiger partial charge in [0.25, 0.3) is 0 Å². The molecule has 0 radical (unpaired) electrons. The molecule has 3 rings (SSSR count). The zero-order chi connectivity index (χ0) is 12.4. The fourth-order valence-corrected chi connectivity index (χ4v) is 3.25. The van der Waals surface area contributed by atoms with Crippen molar-refractivity contribution in [3.05, 3.63) is 60.2 Å². The van der Waals surface area contributed by atoms with Gasteiger partial charge in [-0.1, -0.05) is 42.5 Å². The summed E-state index contributed by atoms with van der Waals surface area (Å²) >= 11 is 1.64. The summed E-state index contributed by atoms with van der Waals surface area (Å²) in [5.41, 5.74) is 2.27. The summed E-state index contributed by atoms with van der Waals surface area (Å²) in [7, 11) is 0. The van der Waals surface area contributed by atoms with Crippen molar-refractivity contribution in [2.24, 2.45) is 0 Å². The predicted molar refractivity (Wildman–Crippen MR) is 74.5 cm³/mol. The van der Waals surface area contributed by atoms with Gasteiger partial charge < -0.3 is 5.32 Å². The van der Waals surface area contributed by atoms with Crippen LogP contribution in [0.4, 0.5) is 5.69 Å². The van der Waals surface area contributed by atoms with Gasteiger partial charge in [0.05, 0.1) is 12.1 Å². The van der Waals surface area contributed by atoms with Gasteiger partial charge in [-0.25, -0.2) is 0 Å². The highest BCUT2D eigenvalue weighted by molar-refractivity contribution is 8.00. The van der Waals surface area contributed by atoms with Crippen molar-refractivity contribution in [2.45, 2.75) is 16.2 Å². The third kappa shape index (κ3) is 1.96. The Hall–Kier alpha value is -1.92. The van der Waals surface area contributed by atoms with Crippen LogP contribution in [0.5, 0.6) is 0 Å². The van der Waals surface area contributed by atoms with Crippen LogP contribution in [0.15, 0.2) is 59.5 Å². The molecule has 2 aromatic carbocycles. The molecule has 1 N–H and O–H groups in total. The Labute approximate surface area is 111 Å². The van der Waals surface area contributed by atoms with Gasteiger partial charge in [0.15, 0.2) is 0 Å². The summed E-state index contributed by atoms with van der Waals surface area (Å²) in [6.07, 6.45) is 0. The minimum atomic E-state index is -0.0951. The van der Waals surface area contributed by atoms with Crippen molar-refractivity contribution in [1.82, 2.24) is 0 Å². The van der Waals surface area contributed by atoms with Crippen LogP contribution in [0, 0.1) is 11.3 Å². The molecule has 1 aliphatic heterocycles. The molecule has 0 aliphatic carbocycles. The average molecular weight is 252 g/mol. The van der Waals surface area contributed by atoms with E-state index in [4.69, 9.17) is 0 Å². The molecular formula is C15H12N2S. The summed E-state index contributed by atoms with van der Waals surface area (Å²) in [6, 6.07) is 20.7. The molecule has 0 fully saturated rings. The monoisotopic (exact) mass is 252 g/mol. The number of fused-ring (bicyclic) bond motifs is 1. The van der Waals surface area contributed by atoms with Gasteiger partial charge in [-0.2, -0.15) is 5.26 Å². The van der Waals surface area contributed by atoms with Crippen molar-refractivity contribution < 1.29 is 0 Å². The minimum Gasteiger partial charge on any atom is -0.375 e. The smallest absolute Gasteiger partial charge is 0.121 e. The number of thioether (sulfide) groups is 1. The molecule has 0 aromatic heterocycles. The maximum atomic E-state index is 9.34. The van der Waals surface area contributed by atoms with Gasteiger partial charge in [0, 0.05) is 10.6 Å². The van der Waals surface area contributed by atoms with Crippen molar-refractivity contribution in [3.63, 3.8) is 0 Å². The molecule has 0 spiro atoms. The second-order valence-electron chi connectivity index (χ2n) is 4.20. The summed E-state index contributed by atoms with van der Waals surface area (Å²) < 4.78 is 0. The van der Waals surface area contributed by atoms with Crippen LogP contribution in [0.2, 0.25) is 0 Å². The zero-order valence-corrected chi connectivity index (χ0v) is 10.5. The first-order valence-electron chi connectivity index (χ1n) is 5.85. The molecule has 2 nitrogen and oxygen atoms in total. The van der Waals surface area contributed by atoms with Gasteiger partial charge >= 0.3 is 0 Å². The summed E-state index contributed by atoms with van der Waals surface area (Å²) in [5, 5.41) is 12.7. The summed E-state index contributed by atoms with van der Waals surface area (Å²) in [4.78, 5) is 1.15. The molecule has 0 saturated carbocycles. The first kappa shape index (κ1) is 11.2. The van der Waals surface area contributed by atoms with E-state index in [2.05, 4.69) is 35.7 Å². The van der Waals surface area contributed by atoms with Crippen molar-refractivity contribution >= 4 is 17.4 Å². The summed E-state index contributed by atoms with van der Waals surface area (Å²) in [6.45, 7) is 0. The van der Waals surface area contributed by atoms with E-state index < -0.39 is 0 Å². The molecule has 1 aliphatic rings. The van der Waals surface area contributed by atoms with Gasteiger partial charge in [-0.15, -0.1) is 11.8 Å². The maximum Gasteiger partial charge on any atom is 0.121 e. The highest BCUT2D eigenvalue weighted by atomic mass is 32.2. The number of rotatable bonds is 1. The number of benzene rings is 2. The first-order chi connectivity index (χ1) is 8.88. The third-order valence-corrected chi connectivity index (χ3v) is 4.28. The van der Waals surface area contributed by atoms with E-state index in [0.29, 0.717) is 0 Å². The molecule has 2 aromatic rings. The van der Waals surface area contributed by atoms with E-state index in [1.54, 1.807) is 11.8 Å². The van der Waals surface area contributed by atoms with Crippen LogP contribution in [-0.4, -0.2) is 5.25 Å². The Kier molecular flexibility index (Phi) is 2.95. The minimum absolute atomic E-state index is 0.0519. The number of nitrogens with zero attached hydrogens (tertiary/aromatic N) is 1. The number of hydrogen-bond donors (Lipinski definition) is 1. The van der Waals surface area contributed by atoms with E-state index in [-0.39, 0.29) is 11.3 Å². The van der Waals surface area contributed by atoms with Gasteiger partial charge in [-0.05, 0) is 17.7 Å². The maximum absolute atomic E-state index is 9.34. The largest absolute Gasteiger partial charge is 0.375 e. The fraction of sp³-hybridized carbons (Fsp3) is 0.133. The molecule has 18 heavy (non-hydrogen) atoms. The lowest BCUT2D eigenvalue weighted by Gasteiger charge is -2.30. The molecule has 0 unspecified atom stereocenters. The lowest BCUT2D eigenvalue weighted by atomic mass is 10.0. The third-order valence-electron chi connectivity index (χ3n) is 3.04. The number of anilines is 1. The topological polar surface area (TPSA) is 35.8 Å². The Morgan fingerprint density at radius 1 is 1.00 bits per heavy atom. The standard InChI is InChI=1S/C15H12N2S/c16-10-14-15(11-6-2-1-3-7-11)17-12-8-4-5-9-13(12)18-14/h1-9,14-15,17H/t14-,15+/m1/s1. The van der Waals surface area contributed by atoms with E-state index in [1.807, 2.05) is 30.3 Å². The fourth-order valence-electron chi connectivity index (χ4n) is 2.16. The van der Waals surface area contributed by atoms with Crippen LogP contribution < -0.4 is 5.32 Å². The Morgan fingerprint density at radius 2 is 1.72 bits per heavy atom. The van der Waals surface area contributed by atoms with E-state index in [1.165, 1.54) is 0 Å². The Bertz CT molecular complexity index is 589. The van der Waals surface area contributed by atoms with E-state index in [0.717, 1.165) is 16.1 Å². The van der Waals surface area contributed by atoms with Crippen LogP contribution in [0.25, 0.3) is 0 Å². The number of hydrogen-bond acceptors (Lipinski definition) is 3. The molecule has 0 bridgehead atoms. The van der Waals surface area contributed by atoms with Gasteiger partial charge in [0.2, 0.25) is 0 Å². The Morgan fingerprint density at radius 3 is 2.50 bits per heavy atom. The zero-order valence-electron chi connectivity index (χ0n) is 9.71. The highest BCUT2D eigenvalue weighted by Crippen LogP contribution is 2.42. The predicted octanol–water partition coefficient (Wildman–Crippen LogP) is 3.84. The van der Waals surface area contributed by atoms with E-state index in [9.17, 15) is 5.26 Å². The normalized spacial score (nSPS) is 21.5. The molecular weight excluding hydrogens is 240 g/mol. The van der Waals surface area contributed by atoms with Gasteiger partial charge in [0.1, 0.15) is 5.25 Å². The second-order valence-corrected chi connectivity index (χ2v) is 5.38. The van der Waals surface area contributed by atoms with Crippen LogP contribution in [-0.2, 0) is 0 Å². The highest BCUT2D eigenvalue weighted by Gasteiger charge is 2.29. The quantitative estimate of drug-likeness (QED) is 0.837. The van der Waals surface area contributed by atoms with Crippen LogP contribution in [0.1, 0.15) is 11.6 Å². The lowest BCUT2D eigenvalue weighted by Crippen LogP contribution is -2.25. The average Bonchev–Trinajstić information content (AvgIpc) is 2.46. The SMILES string of the molecule is N#C[C@H]1Sc2ccccc2N[C@H]1c1ccccc1. The van der Waals surface area contributed by atoms with Crippen LogP contribution in [0.3, 0.4) is 0 Å². The van der Waals surface area contributed by atoms with Crippen molar-refractivity contribution in [2.75, 3.05) is 5.32 Å². The van der Waals surface area contributed by atoms with E-state index >= 15 is 0 Å². The van der Waals surface area contributed by atoms with Crippen molar-refractivity contribution in [3.8, 4) is 6.07 Å². The molecule has 3 heteroatoms. The molecule has 2 atom stereocenters.